The zero-order chi connectivity index (χ0) is 10.8. The van der Waals surface area contributed by atoms with Crippen LogP contribution in [0, 0.1) is 5.41 Å². The van der Waals surface area contributed by atoms with Gasteiger partial charge >= 0.3 is 0 Å². The summed E-state index contributed by atoms with van der Waals surface area (Å²) in [7, 11) is 0. The maximum Gasteiger partial charge on any atom is 0.0542 e. The third-order valence-electron chi connectivity index (χ3n) is 2.04. The van der Waals surface area contributed by atoms with E-state index >= 15 is 0 Å². The van der Waals surface area contributed by atoms with E-state index in [4.69, 9.17) is 0 Å². The van der Waals surface area contributed by atoms with Gasteiger partial charge < -0.3 is 0 Å². The minimum absolute atomic E-state index is 0.328. The van der Waals surface area contributed by atoms with Crippen LogP contribution in [-0.2, 0) is 12.8 Å². The first-order valence-corrected chi connectivity index (χ1v) is 5.85. The normalized spacial score (nSPS) is 11.8. The summed E-state index contributed by atoms with van der Waals surface area (Å²) in [4.78, 5) is 4.43. The quantitative estimate of drug-likeness (QED) is 0.779. The van der Waals surface area contributed by atoms with Gasteiger partial charge in [0.05, 0.1) is 5.69 Å². The monoisotopic (exact) mass is 255 g/mol. The van der Waals surface area contributed by atoms with Crippen molar-refractivity contribution in [3.8, 4) is 0 Å². The molecule has 14 heavy (non-hydrogen) atoms. The molecule has 0 radical (unpaired) electrons. The molecule has 0 fully saturated rings. The van der Waals surface area contributed by atoms with Crippen LogP contribution in [0.4, 0.5) is 0 Å². The topological polar surface area (TPSA) is 12.9 Å². The van der Waals surface area contributed by atoms with Crippen LogP contribution >= 0.6 is 15.9 Å². The van der Waals surface area contributed by atoms with Crippen LogP contribution in [0.5, 0.6) is 0 Å². The number of aromatic nitrogens is 1. The van der Waals surface area contributed by atoms with Crippen molar-refractivity contribution in [2.45, 2.75) is 40.5 Å². The van der Waals surface area contributed by atoms with Gasteiger partial charge in [0.2, 0.25) is 0 Å². The van der Waals surface area contributed by atoms with Gasteiger partial charge in [-0.1, -0.05) is 27.7 Å². The van der Waals surface area contributed by atoms with Crippen LogP contribution in [0.1, 0.15) is 39.0 Å². The molecule has 1 aromatic rings. The number of hydrogen-bond acceptors (Lipinski definition) is 1. The summed E-state index contributed by atoms with van der Waals surface area (Å²) in [6, 6.07) is 2.19. The summed E-state index contributed by atoms with van der Waals surface area (Å²) in [5, 5.41) is 0. The van der Waals surface area contributed by atoms with E-state index in [1.807, 2.05) is 6.20 Å². The second-order valence-electron chi connectivity index (χ2n) is 4.86. The molecule has 0 atom stereocenters. The van der Waals surface area contributed by atoms with E-state index in [0.29, 0.717) is 5.41 Å². The third kappa shape index (κ3) is 3.41. The zero-order valence-corrected chi connectivity index (χ0v) is 11.0. The molecule has 0 bridgehead atoms. The van der Waals surface area contributed by atoms with Gasteiger partial charge in [-0.3, -0.25) is 4.98 Å². The fraction of sp³-hybridized carbons (Fsp3) is 0.583. The van der Waals surface area contributed by atoms with E-state index in [1.165, 1.54) is 5.56 Å². The van der Waals surface area contributed by atoms with Crippen molar-refractivity contribution in [1.29, 1.82) is 0 Å². The van der Waals surface area contributed by atoms with Crippen molar-refractivity contribution in [3.63, 3.8) is 0 Å². The molecule has 0 aliphatic carbocycles. The van der Waals surface area contributed by atoms with E-state index in [1.54, 1.807) is 0 Å². The number of hydrogen-bond donors (Lipinski definition) is 0. The molecule has 1 aromatic heterocycles. The first-order valence-electron chi connectivity index (χ1n) is 5.05. The fourth-order valence-corrected chi connectivity index (χ4v) is 2.15. The first-order chi connectivity index (χ1) is 6.42. The molecule has 0 aliphatic heterocycles. The molecule has 0 spiro atoms. The number of rotatable bonds is 2. The lowest BCUT2D eigenvalue weighted by Gasteiger charge is -2.18. The predicted octanol–water partition coefficient (Wildman–Crippen LogP) is 4.00. The largest absolute Gasteiger partial charge is 0.260 e. The summed E-state index contributed by atoms with van der Waals surface area (Å²) in [5.74, 6) is 0. The first kappa shape index (κ1) is 11.7. The van der Waals surface area contributed by atoms with Crippen LogP contribution < -0.4 is 0 Å². The lowest BCUT2D eigenvalue weighted by Crippen LogP contribution is -2.09. The van der Waals surface area contributed by atoms with Crippen LogP contribution in [-0.4, -0.2) is 4.98 Å². The van der Waals surface area contributed by atoms with Crippen molar-refractivity contribution in [1.82, 2.24) is 4.98 Å². The van der Waals surface area contributed by atoms with Crippen molar-refractivity contribution < 1.29 is 0 Å². The molecule has 0 aliphatic rings. The Morgan fingerprint density at radius 3 is 2.43 bits per heavy atom. The van der Waals surface area contributed by atoms with Crippen molar-refractivity contribution in [2.24, 2.45) is 5.41 Å². The SMILES string of the molecule is CCc1ncc(CC(C)(C)C)cc1Br. The van der Waals surface area contributed by atoms with Gasteiger partial charge in [-0.15, -0.1) is 0 Å². The Labute approximate surface area is 95.1 Å². The highest BCUT2D eigenvalue weighted by Crippen LogP contribution is 2.23. The summed E-state index contributed by atoms with van der Waals surface area (Å²) >= 11 is 3.55. The van der Waals surface area contributed by atoms with Crippen LogP contribution in [0.3, 0.4) is 0 Å². The van der Waals surface area contributed by atoms with Crippen LogP contribution in [0.2, 0.25) is 0 Å². The maximum atomic E-state index is 4.43. The highest BCUT2D eigenvalue weighted by Gasteiger charge is 2.12. The molecule has 78 valence electrons. The summed E-state index contributed by atoms with van der Waals surface area (Å²) < 4.78 is 1.14. The van der Waals surface area contributed by atoms with E-state index in [9.17, 15) is 0 Å². The fourth-order valence-electron chi connectivity index (χ4n) is 1.48. The molecule has 0 N–H and O–H groups in total. The lowest BCUT2D eigenvalue weighted by atomic mass is 9.89. The number of halogens is 1. The Balaban J connectivity index is 2.87. The zero-order valence-electron chi connectivity index (χ0n) is 9.39. The molecular weight excluding hydrogens is 238 g/mol. The molecule has 0 saturated heterocycles. The van der Waals surface area contributed by atoms with Crippen molar-refractivity contribution >= 4 is 15.9 Å². The minimum Gasteiger partial charge on any atom is -0.260 e. The average molecular weight is 256 g/mol. The van der Waals surface area contributed by atoms with Gasteiger partial charge in [0.15, 0.2) is 0 Å². The van der Waals surface area contributed by atoms with E-state index in [0.717, 1.165) is 23.0 Å². The molecule has 1 heterocycles. The van der Waals surface area contributed by atoms with Crippen LogP contribution in [0.15, 0.2) is 16.7 Å². The standard InChI is InChI=1S/C12H18BrN/c1-5-11-10(13)6-9(8-14-11)7-12(2,3)4/h6,8H,5,7H2,1-4H3. The molecular formula is C12H18BrN. The number of aryl methyl sites for hydroxylation is 1. The highest BCUT2D eigenvalue weighted by atomic mass is 79.9. The van der Waals surface area contributed by atoms with Gasteiger partial charge in [-0.25, -0.2) is 0 Å². The van der Waals surface area contributed by atoms with Gasteiger partial charge in [-0.2, -0.15) is 0 Å². The van der Waals surface area contributed by atoms with E-state index < -0.39 is 0 Å². The highest BCUT2D eigenvalue weighted by molar-refractivity contribution is 9.10. The Kier molecular flexibility index (Phi) is 3.71. The Bertz CT molecular complexity index is 313. The third-order valence-corrected chi connectivity index (χ3v) is 2.73. The van der Waals surface area contributed by atoms with Gasteiger partial charge in [0.1, 0.15) is 0 Å². The van der Waals surface area contributed by atoms with Crippen molar-refractivity contribution in [2.75, 3.05) is 0 Å². The molecule has 0 amide bonds. The predicted molar refractivity (Wildman–Crippen MR) is 64.5 cm³/mol. The number of pyridine rings is 1. The second kappa shape index (κ2) is 4.43. The van der Waals surface area contributed by atoms with Crippen molar-refractivity contribution in [3.05, 3.63) is 28.0 Å². The Hall–Kier alpha value is -0.370. The second-order valence-corrected chi connectivity index (χ2v) is 5.72. The molecule has 0 saturated carbocycles. The molecule has 0 aromatic carbocycles. The van der Waals surface area contributed by atoms with E-state index in [-0.39, 0.29) is 0 Å². The number of nitrogens with zero attached hydrogens (tertiary/aromatic N) is 1. The maximum absolute atomic E-state index is 4.43. The molecule has 2 heteroatoms. The molecule has 0 unspecified atom stereocenters. The van der Waals surface area contributed by atoms with Gasteiger partial charge in [0, 0.05) is 10.7 Å². The van der Waals surface area contributed by atoms with Gasteiger partial charge in [-0.05, 0) is 45.8 Å². The molecule has 1 nitrogen and oxygen atoms in total. The summed E-state index contributed by atoms with van der Waals surface area (Å²) in [6.45, 7) is 8.86. The lowest BCUT2D eigenvalue weighted by molar-refractivity contribution is 0.410. The molecule has 1 rings (SSSR count). The average Bonchev–Trinajstić information content (AvgIpc) is 2.01. The Morgan fingerprint density at radius 2 is 2.00 bits per heavy atom. The van der Waals surface area contributed by atoms with E-state index in [2.05, 4.69) is 54.7 Å². The summed E-state index contributed by atoms with van der Waals surface area (Å²) in [6.07, 6.45) is 4.05. The smallest absolute Gasteiger partial charge is 0.0542 e. The Morgan fingerprint density at radius 1 is 1.36 bits per heavy atom. The van der Waals surface area contributed by atoms with Crippen LogP contribution in [0.25, 0.3) is 0 Å². The minimum atomic E-state index is 0.328. The summed E-state index contributed by atoms with van der Waals surface area (Å²) in [5.41, 5.74) is 2.78. The van der Waals surface area contributed by atoms with Gasteiger partial charge in [0.25, 0.3) is 0 Å².